The summed E-state index contributed by atoms with van der Waals surface area (Å²) in [4.78, 5) is 23.2. The van der Waals surface area contributed by atoms with Crippen molar-refractivity contribution in [3.8, 4) is 11.5 Å². The third kappa shape index (κ3) is 10.1. The third-order valence-electron chi connectivity index (χ3n) is 3.60. The number of methoxy groups -OCH3 is 1. The first kappa shape index (κ1) is 23.6. The summed E-state index contributed by atoms with van der Waals surface area (Å²) in [5, 5.41) is 2.83. The van der Waals surface area contributed by atoms with Crippen LogP contribution in [0, 0.1) is 5.92 Å². The Labute approximate surface area is 167 Å². The summed E-state index contributed by atoms with van der Waals surface area (Å²) in [6.07, 6.45) is 6.18. The minimum Gasteiger partial charge on any atom is -0.493 e. The number of benzene rings is 1. The molecule has 0 fully saturated rings. The molecule has 1 atom stereocenters. The van der Waals surface area contributed by atoms with Crippen LogP contribution in [0.25, 0.3) is 0 Å². The maximum atomic E-state index is 11.9. The van der Waals surface area contributed by atoms with Crippen molar-refractivity contribution in [3.63, 3.8) is 0 Å². The Hall–Kier alpha value is -2.39. The van der Waals surface area contributed by atoms with Gasteiger partial charge in [-0.25, -0.2) is 4.79 Å². The highest BCUT2D eigenvalue weighted by Gasteiger charge is 2.14. The molecule has 1 aromatic rings. The Morgan fingerprint density at radius 1 is 1.25 bits per heavy atom. The normalized spacial score (nSPS) is 12.0. The fourth-order valence-electron chi connectivity index (χ4n) is 2.28. The van der Waals surface area contributed by atoms with E-state index in [1.807, 2.05) is 0 Å². The molecule has 0 bridgehead atoms. The van der Waals surface area contributed by atoms with Crippen LogP contribution in [0.15, 0.2) is 30.4 Å². The fraction of sp³-hybridized carbons (Fsp3) is 0.474. The molecule has 0 heterocycles. The van der Waals surface area contributed by atoms with Gasteiger partial charge in [-0.3, -0.25) is 9.35 Å². The van der Waals surface area contributed by atoms with Crippen molar-refractivity contribution in [1.82, 2.24) is 5.32 Å². The van der Waals surface area contributed by atoms with Gasteiger partial charge < -0.3 is 19.0 Å². The summed E-state index contributed by atoms with van der Waals surface area (Å²) in [6, 6.07) is 4.68. The van der Waals surface area contributed by atoms with E-state index in [4.69, 9.17) is 14.0 Å². The molecular formula is C19H27NO7S. The molecule has 0 aliphatic carbocycles. The van der Waals surface area contributed by atoms with Gasteiger partial charge >= 0.3 is 17.5 Å². The molecule has 1 aromatic carbocycles. The lowest BCUT2D eigenvalue weighted by Gasteiger charge is -2.11. The van der Waals surface area contributed by atoms with Crippen molar-refractivity contribution < 1.29 is 32.0 Å². The fourth-order valence-corrected chi connectivity index (χ4v) is 2.43. The van der Waals surface area contributed by atoms with E-state index in [-0.39, 0.29) is 17.4 Å². The van der Waals surface area contributed by atoms with E-state index in [0.717, 1.165) is 24.8 Å². The zero-order valence-electron chi connectivity index (χ0n) is 16.3. The minimum absolute atomic E-state index is 0.0301. The van der Waals surface area contributed by atoms with E-state index in [2.05, 4.69) is 35.5 Å². The van der Waals surface area contributed by atoms with Crippen LogP contribution in [-0.4, -0.2) is 27.9 Å². The number of hydrogen-bond acceptors (Lipinski definition) is 6. The number of rotatable bonds is 11. The van der Waals surface area contributed by atoms with Gasteiger partial charge in [-0.1, -0.05) is 32.1 Å². The van der Waals surface area contributed by atoms with Gasteiger partial charge in [-0.05, 0) is 42.9 Å². The Morgan fingerprint density at radius 3 is 2.64 bits per heavy atom. The molecule has 1 amide bonds. The average molecular weight is 413 g/mol. The SMILES string of the molecule is COc1cc(CNC(=O)CCCC/C=C/C(C)C)ccc1OC(=O)OS(=O)O. The maximum absolute atomic E-state index is 11.9. The van der Waals surface area contributed by atoms with Gasteiger partial charge in [0.15, 0.2) is 11.5 Å². The zero-order chi connectivity index (χ0) is 20.9. The van der Waals surface area contributed by atoms with Crippen LogP contribution in [0.2, 0.25) is 0 Å². The standard InChI is InChI=1S/C19H27NO7S/c1-14(2)8-6-4-5-7-9-18(21)20-13-15-10-11-16(17(12-15)25-3)26-19(22)27-28(23)24/h6,8,10-12,14H,4-5,7,9,13H2,1-3H3,(H,20,21)(H,23,24)/b8-6+. The van der Waals surface area contributed by atoms with Crippen LogP contribution in [0.5, 0.6) is 11.5 Å². The number of carbonyl (C=O) groups excluding carboxylic acids is 2. The number of ether oxygens (including phenoxy) is 2. The predicted molar refractivity (Wildman–Crippen MR) is 105 cm³/mol. The van der Waals surface area contributed by atoms with E-state index in [1.165, 1.54) is 13.2 Å². The second kappa shape index (κ2) is 12.9. The molecule has 0 saturated carbocycles. The van der Waals surface area contributed by atoms with Gasteiger partial charge in [0.05, 0.1) is 7.11 Å². The summed E-state index contributed by atoms with van der Waals surface area (Å²) in [5.41, 5.74) is 0.747. The van der Waals surface area contributed by atoms with Crippen molar-refractivity contribution in [2.75, 3.05) is 7.11 Å². The number of allylic oxidation sites excluding steroid dienone is 2. The van der Waals surface area contributed by atoms with Gasteiger partial charge in [0.1, 0.15) is 0 Å². The second-order valence-electron chi connectivity index (χ2n) is 6.33. The van der Waals surface area contributed by atoms with Gasteiger partial charge in [0, 0.05) is 13.0 Å². The summed E-state index contributed by atoms with van der Waals surface area (Å²) in [7, 11) is 1.38. The molecule has 0 aliphatic rings. The smallest absolute Gasteiger partial charge is 0.493 e. The Balaban J connectivity index is 2.44. The number of carbonyl (C=O) groups is 2. The lowest BCUT2D eigenvalue weighted by molar-refractivity contribution is -0.121. The van der Waals surface area contributed by atoms with Crippen LogP contribution in [0.4, 0.5) is 4.79 Å². The highest BCUT2D eigenvalue weighted by Crippen LogP contribution is 2.28. The molecule has 9 heteroatoms. The molecule has 0 spiro atoms. The monoisotopic (exact) mass is 413 g/mol. The molecular weight excluding hydrogens is 386 g/mol. The molecule has 0 radical (unpaired) electrons. The molecule has 0 saturated heterocycles. The van der Waals surface area contributed by atoms with Crippen LogP contribution < -0.4 is 14.8 Å². The van der Waals surface area contributed by atoms with E-state index in [1.54, 1.807) is 12.1 Å². The van der Waals surface area contributed by atoms with E-state index in [0.29, 0.717) is 18.9 Å². The second-order valence-corrected chi connectivity index (χ2v) is 6.93. The van der Waals surface area contributed by atoms with Crippen molar-refractivity contribution in [3.05, 3.63) is 35.9 Å². The first-order chi connectivity index (χ1) is 13.3. The molecule has 28 heavy (non-hydrogen) atoms. The zero-order valence-corrected chi connectivity index (χ0v) is 17.1. The summed E-state index contributed by atoms with van der Waals surface area (Å²) >= 11 is -2.76. The largest absolute Gasteiger partial charge is 0.529 e. The number of nitrogens with one attached hydrogen (secondary N) is 1. The first-order valence-electron chi connectivity index (χ1n) is 8.93. The van der Waals surface area contributed by atoms with E-state index in [9.17, 15) is 13.8 Å². The highest BCUT2D eigenvalue weighted by atomic mass is 32.2. The van der Waals surface area contributed by atoms with Crippen molar-refractivity contribution in [2.45, 2.75) is 46.1 Å². The molecule has 1 unspecified atom stereocenters. The van der Waals surface area contributed by atoms with Gasteiger partial charge in [0.25, 0.3) is 0 Å². The van der Waals surface area contributed by atoms with E-state index < -0.39 is 17.5 Å². The molecule has 2 N–H and O–H groups in total. The van der Waals surface area contributed by atoms with Crippen molar-refractivity contribution >= 4 is 23.4 Å². The Kier molecular flexibility index (Phi) is 10.9. The Morgan fingerprint density at radius 2 is 2.00 bits per heavy atom. The number of unbranched alkanes of at least 4 members (excludes halogenated alkanes) is 2. The first-order valence-corrected chi connectivity index (χ1v) is 9.96. The lowest BCUT2D eigenvalue weighted by atomic mass is 10.1. The third-order valence-corrected chi connectivity index (χ3v) is 3.87. The van der Waals surface area contributed by atoms with Crippen LogP contribution in [-0.2, 0) is 26.9 Å². The van der Waals surface area contributed by atoms with Crippen LogP contribution >= 0.6 is 0 Å². The summed E-state index contributed by atoms with van der Waals surface area (Å²) < 4.78 is 32.8. The number of amides is 1. The van der Waals surface area contributed by atoms with Crippen LogP contribution in [0.1, 0.15) is 45.1 Å². The molecule has 0 aliphatic heterocycles. The van der Waals surface area contributed by atoms with E-state index >= 15 is 0 Å². The Bertz CT molecular complexity index is 704. The van der Waals surface area contributed by atoms with Gasteiger partial charge in [-0.15, -0.1) is 0 Å². The topological polar surface area (TPSA) is 111 Å². The van der Waals surface area contributed by atoms with Crippen molar-refractivity contribution in [2.24, 2.45) is 5.92 Å². The quantitative estimate of drug-likeness (QED) is 0.187. The van der Waals surface area contributed by atoms with Crippen molar-refractivity contribution in [1.29, 1.82) is 0 Å². The molecule has 0 aromatic heterocycles. The molecule has 8 nitrogen and oxygen atoms in total. The summed E-state index contributed by atoms with van der Waals surface area (Å²) in [5.74, 6) is 0.759. The summed E-state index contributed by atoms with van der Waals surface area (Å²) in [6.45, 7) is 4.55. The number of hydrogen-bond donors (Lipinski definition) is 2. The highest BCUT2D eigenvalue weighted by molar-refractivity contribution is 7.74. The van der Waals surface area contributed by atoms with Crippen LogP contribution in [0.3, 0.4) is 0 Å². The lowest BCUT2D eigenvalue weighted by Crippen LogP contribution is -2.22. The maximum Gasteiger partial charge on any atom is 0.529 e. The minimum atomic E-state index is -2.76. The molecule has 1 rings (SSSR count). The van der Waals surface area contributed by atoms with Gasteiger partial charge in [-0.2, -0.15) is 4.21 Å². The van der Waals surface area contributed by atoms with Gasteiger partial charge in [0.2, 0.25) is 5.91 Å². The molecule has 156 valence electrons. The predicted octanol–water partition coefficient (Wildman–Crippen LogP) is 3.74. The average Bonchev–Trinajstić information content (AvgIpc) is 2.62.